The summed E-state index contributed by atoms with van der Waals surface area (Å²) in [7, 11) is -3.78. The molecule has 0 saturated carbocycles. The van der Waals surface area contributed by atoms with Gasteiger partial charge in [-0.3, -0.25) is 9.05 Å². The summed E-state index contributed by atoms with van der Waals surface area (Å²) in [4.78, 5) is 5.07. The molecule has 0 saturated heterocycles. The van der Waals surface area contributed by atoms with Gasteiger partial charge in [0.15, 0.2) is 5.75 Å². The second-order valence-electron chi connectivity index (χ2n) is 5.20. The molecule has 0 amide bonds. The van der Waals surface area contributed by atoms with Gasteiger partial charge in [-0.15, -0.1) is 0 Å². The van der Waals surface area contributed by atoms with E-state index in [0.717, 1.165) is 19.3 Å². The third kappa shape index (κ3) is 10.1. The SMILES string of the molecule is CCCCCCCOP(=O)(OCCOCC)OOc1ccccc1. The molecule has 0 radical (unpaired) electrons. The largest absolute Gasteiger partial charge is 0.511 e. The minimum atomic E-state index is -3.78. The van der Waals surface area contributed by atoms with Crippen molar-refractivity contribution in [2.75, 3.05) is 26.4 Å². The van der Waals surface area contributed by atoms with Crippen molar-refractivity contribution in [2.45, 2.75) is 46.0 Å². The van der Waals surface area contributed by atoms with Crippen LogP contribution < -0.4 is 4.89 Å². The standard InChI is InChI=1S/C17H29O6P/c1-3-5-6-7-11-14-20-24(18,21-16-15-19-4-2)23-22-17-12-9-8-10-13-17/h8-10,12-13H,3-7,11,14-16H2,1-2H3. The Morgan fingerprint density at radius 2 is 1.58 bits per heavy atom. The zero-order valence-corrected chi connectivity index (χ0v) is 15.5. The molecule has 0 bridgehead atoms. The van der Waals surface area contributed by atoms with Crippen LogP contribution in [0.1, 0.15) is 46.0 Å². The number of ether oxygens (including phenoxy) is 1. The summed E-state index contributed by atoms with van der Waals surface area (Å²) in [6.45, 7) is 5.32. The first-order chi connectivity index (χ1) is 11.7. The van der Waals surface area contributed by atoms with Gasteiger partial charge in [-0.1, -0.05) is 55.5 Å². The summed E-state index contributed by atoms with van der Waals surface area (Å²) in [6.07, 6.45) is 5.32. The van der Waals surface area contributed by atoms with Gasteiger partial charge >= 0.3 is 7.82 Å². The van der Waals surface area contributed by atoms with Crippen LogP contribution in [0, 0.1) is 0 Å². The highest BCUT2D eigenvalue weighted by molar-refractivity contribution is 7.48. The quantitative estimate of drug-likeness (QED) is 0.187. The van der Waals surface area contributed by atoms with Crippen LogP contribution in [-0.4, -0.2) is 26.4 Å². The van der Waals surface area contributed by atoms with Crippen molar-refractivity contribution in [3.8, 4) is 5.75 Å². The van der Waals surface area contributed by atoms with Gasteiger partial charge < -0.3 is 9.62 Å². The van der Waals surface area contributed by atoms with Crippen molar-refractivity contribution >= 4 is 7.82 Å². The van der Waals surface area contributed by atoms with Gasteiger partial charge in [0, 0.05) is 6.61 Å². The average Bonchev–Trinajstić information content (AvgIpc) is 2.61. The smallest absolute Gasteiger partial charge is 0.379 e. The molecule has 1 aromatic carbocycles. The summed E-state index contributed by atoms with van der Waals surface area (Å²) in [5.41, 5.74) is 0. The van der Waals surface area contributed by atoms with Gasteiger partial charge in [-0.2, -0.15) is 0 Å². The van der Waals surface area contributed by atoms with E-state index < -0.39 is 7.82 Å². The minimum Gasteiger partial charge on any atom is -0.379 e. The molecule has 6 nitrogen and oxygen atoms in total. The molecule has 7 heteroatoms. The Morgan fingerprint density at radius 3 is 2.29 bits per heavy atom. The van der Waals surface area contributed by atoms with Crippen LogP contribution in [0.5, 0.6) is 5.75 Å². The number of benzene rings is 1. The van der Waals surface area contributed by atoms with Gasteiger partial charge in [0.25, 0.3) is 0 Å². The Hall–Kier alpha value is -0.910. The second kappa shape index (κ2) is 13.4. The maximum absolute atomic E-state index is 12.6. The van der Waals surface area contributed by atoms with E-state index in [1.165, 1.54) is 12.8 Å². The third-order valence-corrected chi connectivity index (χ3v) is 4.40. The Balaban J connectivity index is 2.40. The molecule has 0 fully saturated rings. The number of hydrogen-bond donors (Lipinski definition) is 0. The molecule has 138 valence electrons. The van der Waals surface area contributed by atoms with Crippen molar-refractivity contribution in [1.29, 1.82) is 0 Å². The molecule has 1 unspecified atom stereocenters. The molecule has 0 aliphatic heterocycles. The van der Waals surface area contributed by atoms with Crippen LogP contribution in [0.15, 0.2) is 30.3 Å². The summed E-state index contributed by atoms with van der Waals surface area (Å²) < 4.78 is 33.3. The fourth-order valence-corrected chi connectivity index (χ4v) is 2.87. The maximum atomic E-state index is 12.6. The summed E-state index contributed by atoms with van der Waals surface area (Å²) in [5.74, 6) is 0.428. The van der Waals surface area contributed by atoms with Crippen LogP contribution in [0.4, 0.5) is 0 Å². The predicted molar refractivity (Wildman–Crippen MR) is 92.9 cm³/mol. The monoisotopic (exact) mass is 360 g/mol. The van der Waals surface area contributed by atoms with Gasteiger partial charge in [-0.05, 0) is 25.5 Å². The molecule has 0 heterocycles. The molecule has 1 aromatic rings. The lowest BCUT2D eigenvalue weighted by Gasteiger charge is -2.17. The lowest BCUT2D eigenvalue weighted by Crippen LogP contribution is -2.08. The molecule has 0 N–H and O–H groups in total. The molecule has 1 rings (SSSR count). The fraction of sp³-hybridized carbons (Fsp3) is 0.647. The molecule has 0 spiro atoms. The highest BCUT2D eigenvalue weighted by Crippen LogP contribution is 2.49. The zero-order chi connectivity index (χ0) is 17.5. The van der Waals surface area contributed by atoms with Gasteiger partial charge in [0.1, 0.15) is 0 Å². The number of unbranched alkanes of at least 4 members (excludes halogenated alkanes) is 4. The third-order valence-electron chi connectivity index (χ3n) is 3.15. The van der Waals surface area contributed by atoms with Gasteiger partial charge in [-0.25, -0.2) is 4.57 Å². The summed E-state index contributed by atoms with van der Waals surface area (Å²) in [5, 5.41) is 0. The van der Waals surface area contributed by atoms with Crippen LogP contribution in [-0.2, 0) is 23.0 Å². The number of para-hydroxylation sites is 1. The van der Waals surface area contributed by atoms with E-state index in [-0.39, 0.29) is 6.61 Å². The van der Waals surface area contributed by atoms with E-state index in [2.05, 4.69) is 6.92 Å². The van der Waals surface area contributed by atoms with Crippen LogP contribution in [0.2, 0.25) is 0 Å². The van der Waals surface area contributed by atoms with Crippen molar-refractivity contribution in [3.63, 3.8) is 0 Å². The molecule has 0 aliphatic carbocycles. The van der Waals surface area contributed by atoms with Crippen molar-refractivity contribution in [1.82, 2.24) is 0 Å². The van der Waals surface area contributed by atoms with Crippen LogP contribution in [0.25, 0.3) is 0 Å². The normalized spacial score (nSPS) is 13.6. The van der Waals surface area contributed by atoms with Crippen molar-refractivity contribution in [2.24, 2.45) is 0 Å². The lowest BCUT2D eigenvalue weighted by molar-refractivity contribution is -0.133. The number of hydrogen-bond acceptors (Lipinski definition) is 6. The topological polar surface area (TPSA) is 63.2 Å². The fourth-order valence-electron chi connectivity index (χ4n) is 1.88. The van der Waals surface area contributed by atoms with Crippen LogP contribution >= 0.6 is 7.82 Å². The predicted octanol–water partition coefficient (Wildman–Crippen LogP) is 5.15. The molecular formula is C17H29O6P. The highest BCUT2D eigenvalue weighted by atomic mass is 31.2. The summed E-state index contributed by atoms with van der Waals surface area (Å²) in [6, 6.07) is 8.80. The van der Waals surface area contributed by atoms with E-state index in [0.29, 0.717) is 25.6 Å². The molecule has 24 heavy (non-hydrogen) atoms. The first-order valence-corrected chi connectivity index (χ1v) is 10.0. The molecule has 1 atom stereocenters. The maximum Gasteiger partial charge on any atom is 0.511 e. The van der Waals surface area contributed by atoms with Crippen LogP contribution in [0.3, 0.4) is 0 Å². The Morgan fingerprint density at radius 1 is 0.875 bits per heavy atom. The van der Waals surface area contributed by atoms with E-state index in [1.54, 1.807) is 24.3 Å². The minimum absolute atomic E-state index is 0.110. The van der Waals surface area contributed by atoms with Gasteiger partial charge in [0.05, 0.1) is 19.8 Å². The number of phosphoric acid groups is 1. The first kappa shape index (κ1) is 21.1. The molecular weight excluding hydrogens is 331 g/mol. The van der Waals surface area contributed by atoms with Gasteiger partial charge in [0.2, 0.25) is 0 Å². The van der Waals surface area contributed by atoms with E-state index >= 15 is 0 Å². The van der Waals surface area contributed by atoms with E-state index in [4.69, 9.17) is 23.3 Å². The van der Waals surface area contributed by atoms with E-state index in [1.807, 2.05) is 13.0 Å². The van der Waals surface area contributed by atoms with Crippen molar-refractivity contribution < 1.29 is 27.9 Å². The Labute approximate surface area is 144 Å². The number of rotatable bonds is 15. The highest BCUT2D eigenvalue weighted by Gasteiger charge is 2.29. The second-order valence-corrected chi connectivity index (χ2v) is 6.76. The molecule has 0 aromatic heterocycles. The van der Waals surface area contributed by atoms with Crippen molar-refractivity contribution in [3.05, 3.63) is 30.3 Å². The lowest BCUT2D eigenvalue weighted by atomic mass is 10.2. The zero-order valence-electron chi connectivity index (χ0n) is 14.6. The Bertz CT molecular complexity index is 454. The summed E-state index contributed by atoms with van der Waals surface area (Å²) >= 11 is 0. The first-order valence-electron chi connectivity index (χ1n) is 8.58. The number of phosphoric ester groups is 1. The average molecular weight is 360 g/mol. The Kier molecular flexibility index (Phi) is 11.8. The van der Waals surface area contributed by atoms with E-state index in [9.17, 15) is 4.57 Å². The molecule has 0 aliphatic rings.